The Hall–Kier alpha value is -0.980. The van der Waals surface area contributed by atoms with Gasteiger partial charge in [0.15, 0.2) is 3.77 Å². The van der Waals surface area contributed by atoms with Gasteiger partial charge in [-0.15, -0.1) is 0 Å². The average Bonchev–Trinajstić information content (AvgIpc) is 2.82. The topological polar surface area (TPSA) is 39.4 Å². The first-order valence-corrected chi connectivity index (χ1v) is 7.43. The molecule has 3 nitrogen and oxygen atoms in total. The highest BCUT2D eigenvalue weighted by Crippen LogP contribution is 2.24. The van der Waals surface area contributed by atoms with Gasteiger partial charge in [0.1, 0.15) is 12.4 Å². The average molecular weight is 423 g/mol. The Bertz CT molecular complexity index is 629. The van der Waals surface area contributed by atoms with Gasteiger partial charge in [0.25, 0.3) is 0 Å². The third-order valence-electron chi connectivity index (χ3n) is 2.40. The summed E-state index contributed by atoms with van der Waals surface area (Å²) < 4.78 is 11.1. The highest BCUT2D eigenvalue weighted by molar-refractivity contribution is 14.1. The van der Waals surface area contributed by atoms with E-state index in [0.29, 0.717) is 21.4 Å². The van der Waals surface area contributed by atoms with Gasteiger partial charge >= 0.3 is 5.97 Å². The lowest BCUT2D eigenvalue weighted by Crippen LogP contribution is -2.01. The first kappa shape index (κ1) is 15.4. The summed E-state index contributed by atoms with van der Waals surface area (Å²) in [6.07, 6.45) is 2.83. The van der Waals surface area contributed by atoms with Gasteiger partial charge in [0.2, 0.25) is 0 Å². The molecule has 1 aromatic carbocycles. The maximum Gasteiger partial charge on any atom is 0.331 e. The molecule has 0 aliphatic rings. The highest BCUT2D eigenvalue weighted by Gasteiger charge is 2.07. The smallest absolute Gasteiger partial charge is 0.331 e. The summed E-state index contributed by atoms with van der Waals surface area (Å²) in [6, 6.07) is 8.68. The number of carbonyl (C=O) groups is 1. The van der Waals surface area contributed by atoms with Crippen LogP contribution in [0.3, 0.4) is 0 Å². The molecular weight excluding hydrogens is 414 g/mol. The minimum atomic E-state index is -0.493. The zero-order valence-corrected chi connectivity index (χ0v) is 13.8. The largest absolute Gasteiger partial charge is 0.458 e. The number of ether oxygens (including phenoxy) is 1. The lowest BCUT2D eigenvalue weighted by molar-refractivity contribution is -0.138. The van der Waals surface area contributed by atoms with Crippen molar-refractivity contribution >= 4 is 57.8 Å². The van der Waals surface area contributed by atoms with E-state index in [1.165, 1.54) is 6.08 Å². The Morgan fingerprint density at radius 3 is 2.55 bits per heavy atom. The SMILES string of the molecule is O=C(/C=C/c1ccc(I)o1)OCc1c(Cl)cccc1Cl. The van der Waals surface area contributed by atoms with Crippen LogP contribution in [0, 0.1) is 3.77 Å². The summed E-state index contributed by atoms with van der Waals surface area (Å²) >= 11 is 14.0. The first-order chi connectivity index (χ1) is 9.56. The molecule has 0 unspecified atom stereocenters. The van der Waals surface area contributed by atoms with Crippen molar-refractivity contribution in [2.24, 2.45) is 0 Å². The van der Waals surface area contributed by atoms with Crippen LogP contribution >= 0.6 is 45.8 Å². The molecule has 0 N–H and O–H groups in total. The molecule has 2 rings (SSSR count). The van der Waals surface area contributed by atoms with E-state index in [-0.39, 0.29) is 6.61 Å². The van der Waals surface area contributed by atoms with E-state index in [1.54, 1.807) is 36.4 Å². The van der Waals surface area contributed by atoms with Crippen molar-refractivity contribution in [1.82, 2.24) is 0 Å². The predicted molar refractivity (Wildman–Crippen MR) is 86.7 cm³/mol. The van der Waals surface area contributed by atoms with Gasteiger partial charge in [-0.2, -0.15) is 0 Å². The van der Waals surface area contributed by atoms with Crippen LogP contribution in [0.5, 0.6) is 0 Å². The van der Waals surface area contributed by atoms with Crippen LogP contribution in [0.2, 0.25) is 10.0 Å². The fourth-order valence-electron chi connectivity index (χ4n) is 1.43. The van der Waals surface area contributed by atoms with Gasteiger partial charge in [-0.3, -0.25) is 0 Å². The van der Waals surface area contributed by atoms with E-state index < -0.39 is 5.97 Å². The van der Waals surface area contributed by atoms with Crippen molar-refractivity contribution in [2.75, 3.05) is 0 Å². The number of rotatable bonds is 4. The molecule has 0 fully saturated rings. The van der Waals surface area contributed by atoms with Gasteiger partial charge in [-0.1, -0.05) is 29.3 Å². The Morgan fingerprint density at radius 1 is 1.25 bits per heavy atom. The zero-order chi connectivity index (χ0) is 14.5. The van der Waals surface area contributed by atoms with Gasteiger partial charge in [0.05, 0.1) is 0 Å². The lowest BCUT2D eigenvalue weighted by atomic mass is 10.2. The van der Waals surface area contributed by atoms with E-state index in [2.05, 4.69) is 0 Å². The van der Waals surface area contributed by atoms with Gasteiger partial charge < -0.3 is 9.15 Å². The van der Waals surface area contributed by atoms with Crippen LogP contribution in [0.25, 0.3) is 6.08 Å². The minimum Gasteiger partial charge on any atom is -0.458 e. The highest BCUT2D eigenvalue weighted by atomic mass is 127. The molecule has 1 heterocycles. The van der Waals surface area contributed by atoms with Crippen molar-refractivity contribution in [3.8, 4) is 0 Å². The Kier molecular flexibility index (Phi) is 5.51. The van der Waals surface area contributed by atoms with Crippen molar-refractivity contribution in [3.63, 3.8) is 0 Å². The molecule has 0 spiro atoms. The van der Waals surface area contributed by atoms with Crippen LogP contribution < -0.4 is 0 Å². The fourth-order valence-corrected chi connectivity index (χ4v) is 2.37. The maximum absolute atomic E-state index is 11.6. The van der Waals surface area contributed by atoms with Gasteiger partial charge in [0, 0.05) is 21.7 Å². The number of esters is 1. The lowest BCUT2D eigenvalue weighted by Gasteiger charge is -2.06. The van der Waals surface area contributed by atoms with E-state index in [1.807, 2.05) is 22.6 Å². The monoisotopic (exact) mass is 422 g/mol. The Labute approximate surface area is 139 Å². The second-order valence-corrected chi connectivity index (χ2v) is 5.66. The van der Waals surface area contributed by atoms with Crippen molar-refractivity contribution in [1.29, 1.82) is 0 Å². The summed E-state index contributed by atoms with van der Waals surface area (Å²) in [5, 5.41) is 0.935. The van der Waals surface area contributed by atoms with Crippen LogP contribution in [0.15, 0.2) is 40.8 Å². The summed E-state index contributed by atoms with van der Waals surface area (Å²) in [4.78, 5) is 11.6. The minimum absolute atomic E-state index is 0.0252. The summed E-state index contributed by atoms with van der Waals surface area (Å²) in [6.45, 7) is 0.0252. The number of halogens is 3. The molecule has 0 aliphatic carbocycles. The predicted octanol–water partition coefficient (Wildman–Crippen LogP) is 4.95. The number of furan rings is 1. The normalized spacial score (nSPS) is 10.9. The molecule has 20 heavy (non-hydrogen) atoms. The van der Waals surface area contributed by atoms with Crippen LogP contribution in [-0.4, -0.2) is 5.97 Å². The number of carbonyl (C=O) groups excluding carboxylic acids is 1. The Balaban J connectivity index is 1.94. The van der Waals surface area contributed by atoms with Crippen molar-refractivity contribution in [2.45, 2.75) is 6.61 Å². The number of hydrogen-bond donors (Lipinski definition) is 0. The molecule has 0 aliphatic heterocycles. The molecule has 0 bridgehead atoms. The van der Waals surface area contributed by atoms with Crippen molar-refractivity contribution in [3.05, 3.63) is 61.5 Å². The fraction of sp³-hybridized carbons (Fsp3) is 0.0714. The molecule has 0 amide bonds. The zero-order valence-electron chi connectivity index (χ0n) is 10.1. The molecule has 6 heteroatoms. The molecular formula is C14H9Cl2IO3. The quantitative estimate of drug-likeness (QED) is 0.397. The Morgan fingerprint density at radius 2 is 1.95 bits per heavy atom. The molecule has 2 aromatic rings. The van der Waals surface area contributed by atoms with Crippen LogP contribution in [-0.2, 0) is 16.1 Å². The molecule has 0 saturated heterocycles. The molecule has 0 atom stereocenters. The van der Waals surface area contributed by atoms with Crippen molar-refractivity contribution < 1.29 is 13.9 Å². The molecule has 104 valence electrons. The molecule has 1 aromatic heterocycles. The third-order valence-corrected chi connectivity index (χ3v) is 3.69. The number of hydrogen-bond acceptors (Lipinski definition) is 3. The van der Waals surface area contributed by atoms with Gasteiger partial charge in [-0.05, 0) is 52.9 Å². The third kappa shape index (κ3) is 4.26. The second kappa shape index (κ2) is 7.15. The van der Waals surface area contributed by atoms with Gasteiger partial charge in [-0.25, -0.2) is 4.79 Å². The molecule has 0 saturated carbocycles. The summed E-state index contributed by atoms with van der Waals surface area (Å²) in [7, 11) is 0. The standard InChI is InChI=1S/C14H9Cl2IO3/c15-11-2-1-3-12(16)10(11)8-19-14(18)7-5-9-4-6-13(17)20-9/h1-7H,8H2/b7-5+. The number of benzene rings is 1. The van der Waals surface area contributed by atoms with Crippen LogP contribution in [0.1, 0.15) is 11.3 Å². The first-order valence-electron chi connectivity index (χ1n) is 5.59. The summed E-state index contributed by atoms with van der Waals surface area (Å²) in [5.74, 6) is 0.0921. The maximum atomic E-state index is 11.6. The second-order valence-electron chi connectivity index (χ2n) is 3.78. The van der Waals surface area contributed by atoms with E-state index in [0.717, 1.165) is 3.77 Å². The van der Waals surface area contributed by atoms with E-state index in [4.69, 9.17) is 32.4 Å². The molecule has 0 radical (unpaired) electrons. The van der Waals surface area contributed by atoms with E-state index >= 15 is 0 Å². The van der Waals surface area contributed by atoms with E-state index in [9.17, 15) is 4.79 Å². The summed E-state index contributed by atoms with van der Waals surface area (Å²) in [5.41, 5.74) is 0.588. The van der Waals surface area contributed by atoms with Crippen LogP contribution in [0.4, 0.5) is 0 Å².